The SMILES string of the molecule is c1ccc(-c2noc(-c3cncnc3N3CCSCC3)n2)cc1. The summed E-state index contributed by atoms with van der Waals surface area (Å²) in [7, 11) is 0. The molecule has 23 heavy (non-hydrogen) atoms. The van der Waals surface area contributed by atoms with Crippen molar-refractivity contribution in [2.24, 2.45) is 0 Å². The highest BCUT2D eigenvalue weighted by atomic mass is 32.2. The lowest BCUT2D eigenvalue weighted by Gasteiger charge is -2.28. The number of nitrogens with zero attached hydrogens (tertiary/aromatic N) is 5. The Morgan fingerprint density at radius 1 is 1.09 bits per heavy atom. The Labute approximate surface area is 138 Å². The second-order valence-electron chi connectivity index (χ2n) is 5.15. The van der Waals surface area contributed by atoms with Gasteiger partial charge in [-0.1, -0.05) is 35.5 Å². The number of hydrogen-bond acceptors (Lipinski definition) is 7. The first-order chi connectivity index (χ1) is 11.4. The predicted octanol–water partition coefficient (Wildman–Crippen LogP) is 2.75. The Hall–Kier alpha value is -2.41. The third kappa shape index (κ3) is 2.92. The molecule has 4 rings (SSSR count). The van der Waals surface area contributed by atoms with Gasteiger partial charge in [-0.2, -0.15) is 16.7 Å². The molecule has 0 radical (unpaired) electrons. The summed E-state index contributed by atoms with van der Waals surface area (Å²) in [5.41, 5.74) is 1.71. The van der Waals surface area contributed by atoms with Gasteiger partial charge in [-0.3, -0.25) is 0 Å². The first kappa shape index (κ1) is 14.2. The van der Waals surface area contributed by atoms with Gasteiger partial charge in [0.2, 0.25) is 5.82 Å². The number of rotatable bonds is 3. The molecular weight excluding hydrogens is 310 g/mol. The van der Waals surface area contributed by atoms with Gasteiger partial charge in [-0.25, -0.2) is 9.97 Å². The molecule has 0 aliphatic carbocycles. The molecule has 0 bridgehead atoms. The minimum atomic E-state index is 0.456. The minimum Gasteiger partial charge on any atom is -0.354 e. The van der Waals surface area contributed by atoms with Gasteiger partial charge in [0.15, 0.2) is 0 Å². The maximum absolute atomic E-state index is 5.46. The van der Waals surface area contributed by atoms with Crippen molar-refractivity contribution < 1.29 is 4.52 Å². The molecule has 0 saturated carbocycles. The molecule has 1 fully saturated rings. The lowest BCUT2D eigenvalue weighted by Crippen LogP contribution is -2.33. The molecule has 1 aromatic carbocycles. The van der Waals surface area contributed by atoms with E-state index in [2.05, 4.69) is 25.0 Å². The van der Waals surface area contributed by atoms with Gasteiger partial charge in [-0.05, 0) is 0 Å². The lowest BCUT2D eigenvalue weighted by atomic mass is 10.2. The van der Waals surface area contributed by atoms with Gasteiger partial charge in [0, 0.05) is 36.4 Å². The Balaban J connectivity index is 1.70. The van der Waals surface area contributed by atoms with E-state index in [-0.39, 0.29) is 0 Å². The molecule has 1 aliphatic rings. The van der Waals surface area contributed by atoms with Crippen LogP contribution in [0.2, 0.25) is 0 Å². The maximum Gasteiger partial charge on any atom is 0.263 e. The van der Waals surface area contributed by atoms with E-state index in [4.69, 9.17) is 4.52 Å². The van der Waals surface area contributed by atoms with Crippen LogP contribution in [-0.2, 0) is 0 Å². The van der Waals surface area contributed by atoms with Gasteiger partial charge in [0.05, 0.1) is 0 Å². The zero-order chi connectivity index (χ0) is 15.5. The van der Waals surface area contributed by atoms with Crippen LogP contribution in [0.1, 0.15) is 0 Å². The van der Waals surface area contributed by atoms with Crippen molar-refractivity contribution in [3.05, 3.63) is 42.9 Å². The molecule has 0 amide bonds. The molecule has 1 saturated heterocycles. The van der Waals surface area contributed by atoms with Crippen molar-refractivity contribution in [1.82, 2.24) is 20.1 Å². The second-order valence-corrected chi connectivity index (χ2v) is 6.37. The van der Waals surface area contributed by atoms with E-state index < -0.39 is 0 Å². The molecule has 0 spiro atoms. The fourth-order valence-corrected chi connectivity index (χ4v) is 3.44. The maximum atomic E-state index is 5.46. The van der Waals surface area contributed by atoms with E-state index in [1.165, 1.54) is 0 Å². The number of hydrogen-bond donors (Lipinski definition) is 0. The van der Waals surface area contributed by atoms with Gasteiger partial charge >= 0.3 is 0 Å². The number of aromatic nitrogens is 4. The fraction of sp³-hybridized carbons (Fsp3) is 0.250. The molecule has 0 atom stereocenters. The summed E-state index contributed by atoms with van der Waals surface area (Å²) in [5.74, 6) is 4.09. The smallest absolute Gasteiger partial charge is 0.263 e. The van der Waals surface area contributed by atoms with Crippen molar-refractivity contribution in [2.45, 2.75) is 0 Å². The van der Waals surface area contributed by atoms with Crippen LogP contribution in [0.3, 0.4) is 0 Å². The Bertz CT molecular complexity index is 786. The molecule has 3 heterocycles. The number of thioether (sulfide) groups is 1. The van der Waals surface area contributed by atoms with Gasteiger partial charge in [0.1, 0.15) is 17.7 Å². The first-order valence-electron chi connectivity index (χ1n) is 7.44. The molecule has 0 N–H and O–H groups in total. The quantitative estimate of drug-likeness (QED) is 0.733. The largest absolute Gasteiger partial charge is 0.354 e. The van der Waals surface area contributed by atoms with Crippen LogP contribution in [0, 0.1) is 0 Å². The summed E-state index contributed by atoms with van der Waals surface area (Å²) in [5, 5.41) is 4.08. The van der Waals surface area contributed by atoms with E-state index in [9.17, 15) is 0 Å². The highest BCUT2D eigenvalue weighted by molar-refractivity contribution is 7.99. The molecule has 3 aromatic rings. The molecule has 2 aromatic heterocycles. The van der Waals surface area contributed by atoms with E-state index >= 15 is 0 Å². The predicted molar refractivity (Wildman–Crippen MR) is 90.3 cm³/mol. The van der Waals surface area contributed by atoms with Crippen LogP contribution in [-0.4, -0.2) is 44.7 Å². The van der Waals surface area contributed by atoms with Gasteiger partial charge in [0.25, 0.3) is 5.89 Å². The zero-order valence-corrected chi connectivity index (χ0v) is 13.2. The first-order valence-corrected chi connectivity index (χ1v) is 8.59. The van der Waals surface area contributed by atoms with E-state index in [1.807, 2.05) is 42.1 Å². The average Bonchev–Trinajstić information content (AvgIpc) is 3.13. The van der Waals surface area contributed by atoms with Crippen molar-refractivity contribution in [3.63, 3.8) is 0 Å². The van der Waals surface area contributed by atoms with Gasteiger partial charge in [-0.15, -0.1) is 0 Å². The summed E-state index contributed by atoms with van der Waals surface area (Å²) >= 11 is 1.96. The third-order valence-corrected chi connectivity index (χ3v) is 4.63. The third-order valence-electron chi connectivity index (χ3n) is 3.69. The average molecular weight is 325 g/mol. The minimum absolute atomic E-state index is 0.456. The normalized spacial score (nSPS) is 14.9. The topological polar surface area (TPSA) is 67.9 Å². The van der Waals surface area contributed by atoms with Crippen LogP contribution < -0.4 is 4.90 Å². The summed E-state index contributed by atoms with van der Waals surface area (Å²) in [6.45, 7) is 1.93. The van der Waals surface area contributed by atoms with E-state index in [1.54, 1.807) is 12.5 Å². The van der Waals surface area contributed by atoms with Crippen molar-refractivity contribution in [3.8, 4) is 22.8 Å². The zero-order valence-electron chi connectivity index (χ0n) is 12.4. The summed E-state index contributed by atoms with van der Waals surface area (Å²) in [6, 6.07) is 9.78. The molecule has 1 aliphatic heterocycles. The van der Waals surface area contributed by atoms with Crippen LogP contribution in [0.25, 0.3) is 22.8 Å². The van der Waals surface area contributed by atoms with Crippen LogP contribution >= 0.6 is 11.8 Å². The molecule has 0 unspecified atom stereocenters. The van der Waals surface area contributed by atoms with Crippen LogP contribution in [0.5, 0.6) is 0 Å². The second kappa shape index (κ2) is 6.37. The number of benzene rings is 1. The Morgan fingerprint density at radius 2 is 1.91 bits per heavy atom. The van der Waals surface area contributed by atoms with Gasteiger partial charge < -0.3 is 9.42 Å². The lowest BCUT2D eigenvalue weighted by molar-refractivity contribution is 0.432. The monoisotopic (exact) mass is 325 g/mol. The number of anilines is 1. The van der Waals surface area contributed by atoms with Crippen LogP contribution in [0.4, 0.5) is 5.82 Å². The van der Waals surface area contributed by atoms with E-state index in [0.717, 1.165) is 41.5 Å². The molecule has 7 heteroatoms. The summed E-state index contributed by atoms with van der Waals surface area (Å²) in [6.07, 6.45) is 3.31. The molecule has 116 valence electrons. The highest BCUT2D eigenvalue weighted by Crippen LogP contribution is 2.29. The molecule has 6 nitrogen and oxygen atoms in total. The van der Waals surface area contributed by atoms with Crippen molar-refractivity contribution >= 4 is 17.6 Å². The van der Waals surface area contributed by atoms with E-state index in [0.29, 0.717) is 11.7 Å². The standard InChI is InChI=1S/C16H15N5OS/c1-2-4-12(5-3-1)14-19-16(22-20-14)13-10-17-11-18-15(13)21-6-8-23-9-7-21/h1-5,10-11H,6-9H2. The highest BCUT2D eigenvalue weighted by Gasteiger charge is 2.21. The fourth-order valence-electron chi connectivity index (χ4n) is 2.54. The molecular formula is C16H15N5OS. The van der Waals surface area contributed by atoms with Crippen LogP contribution in [0.15, 0.2) is 47.4 Å². The Morgan fingerprint density at radius 3 is 2.74 bits per heavy atom. The Kier molecular flexibility index (Phi) is 3.94. The van der Waals surface area contributed by atoms with Crippen molar-refractivity contribution in [2.75, 3.05) is 29.5 Å². The van der Waals surface area contributed by atoms with Crippen molar-refractivity contribution in [1.29, 1.82) is 0 Å². The summed E-state index contributed by atoms with van der Waals surface area (Å²) in [4.78, 5) is 15.3. The summed E-state index contributed by atoms with van der Waals surface area (Å²) < 4.78 is 5.46.